The molecule has 3 rings (SSSR count). The van der Waals surface area contributed by atoms with E-state index in [1.807, 2.05) is 0 Å². The van der Waals surface area contributed by atoms with E-state index in [1.165, 1.54) is 4.31 Å². The molecule has 2 fully saturated rings. The summed E-state index contributed by atoms with van der Waals surface area (Å²) in [5.41, 5.74) is 0.760. The molecule has 114 valence electrons. The Kier molecular flexibility index (Phi) is 3.97. The van der Waals surface area contributed by atoms with Crippen molar-refractivity contribution in [3.05, 3.63) is 24.3 Å². The predicted octanol–water partition coefficient (Wildman–Crippen LogP) is 1.18. The second kappa shape index (κ2) is 5.75. The van der Waals surface area contributed by atoms with Gasteiger partial charge in [-0.3, -0.25) is 4.79 Å². The maximum Gasteiger partial charge on any atom is 0.245 e. The third-order valence-corrected chi connectivity index (χ3v) is 5.67. The van der Waals surface area contributed by atoms with Crippen LogP contribution in [0.25, 0.3) is 0 Å². The molecule has 1 aromatic rings. The number of rotatable bonds is 3. The van der Waals surface area contributed by atoms with Gasteiger partial charge in [0, 0.05) is 25.2 Å². The summed E-state index contributed by atoms with van der Waals surface area (Å²) in [5.74, 6) is 0.102. The molecule has 0 bridgehead atoms. The van der Waals surface area contributed by atoms with Crippen molar-refractivity contribution in [2.45, 2.75) is 24.2 Å². The number of carbonyl (C=O) groups is 1. The molecule has 0 saturated carbocycles. The monoisotopic (exact) mass is 310 g/mol. The predicted molar refractivity (Wildman–Crippen MR) is 77.4 cm³/mol. The van der Waals surface area contributed by atoms with Crippen LogP contribution in [-0.4, -0.2) is 45.1 Å². The number of nitrogens with zero attached hydrogens (tertiary/aromatic N) is 2. The van der Waals surface area contributed by atoms with Crippen molar-refractivity contribution in [3.8, 4) is 0 Å². The first-order valence-electron chi connectivity index (χ1n) is 7.07. The number of anilines is 1. The molecule has 0 unspecified atom stereocenters. The molecule has 0 aliphatic carbocycles. The van der Waals surface area contributed by atoms with E-state index in [0.717, 1.165) is 18.5 Å². The Labute approximate surface area is 124 Å². The van der Waals surface area contributed by atoms with E-state index in [2.05, 4.69) is 0 Å². The summed E-state index contributed by atoms with van der Waals surface area (Å²) in [6.45, 7) is 1.62. The van der Waals surface area contributed by atoms with Crippen LogP contribution in [0.3, 0.4) is 0 Å². The van der Waals surface area contributed by atoms with Gasteiger partial charge < -0.3 is 9.64 Å². The molecule has 0 radical (unpaired) electrons. The Hall–Kier alpha value is -1.44. The minimum absolute atomic E-state index is 0.102. The van der Waals surface area contributed by atoms with Gasteiger partial charge in [0.15, 0.2) is 0 Å². The van der Waals surface area contributed by atoms with E-state index in [0.29, 0.717) is 26.1 Å². The Morgan fingerprint density at radius 2 is 1.81 bits per heavy atom. The van der Waals surface area contributed by atoms with Gasteiger partial charge in [-0.15, -0.1) is 0 Å². The zero-order valence-corrected chi connectivity index (χ0v) is 12.5. The van der Waals surface area contributed by atoms with Gasteiger partial charge in [0.1, 0.15) is 6.73 Å². The van der Waals surface area contributed by atoms with E-state index in [1.54, 1.807) is 29.2 Å². The summed E-state index contributed by atoms with van der Waals surface area (Å²) in [5, 5.41) is 0. The quantitative estimate of drug-likeness (QED) is 0.841. The second-order valence-electron chi connectivity index (χ2n) is 5.21. The van der Waals surface area contributed by atoms with Crippen LogP contribution in [0, 0.1) is 0 Å². The molecule has 7 heteroatoms. The van der Waals surface area contributed by atoms with E-state index in [-0.39, 0.29) is 17.5 Å². The molecule has 21 heavy (non-hydrogen) atoms. The Bertz CT molecular complexity index is 621. The van der Waals surface area contributed by atoms with E-state index >= 15 is 0 Å². The lowest BCUT2D eigenvalue weighted by atomic mass is 10.1. The zero-order chi connectivity index (χ0) is 14.9. The third kappa shape index (κ3) is 2.81. The molecule has 0 aromatic heterocycles. The summed E-state index contributed by atoms with van der Waals surface area (Å²) < 4.78 is 31.1. The fourth-order valence-corrected chi connectivity index (χ4v) is 3.92. The van der Waals surface area contributed by atoms with Crippen LogP contribution in [0.4, 0.5) is 5.69 Å². The lowest BCUT2D eigenvalue weighted by Gasteiger charge is -2.27. The molecule has 2 aliphatic heterocycles. The second-order valence-corrected chi connectivity index (χ2v) is 7.15. The maximum atomic E-state index is 12.4. The van der Waals surface area contributed by atoms with Crippen LogP contribution >= 0.6 is 0 Å². The highest BCUT2D eigenvalue weighted by atomic mass is 32.2. The average Bonchev–Trinajstić information content (AvgIpc) is 3.03. The largest absolute Gasteiger partial charge is 0.364 e. The van der Waals surface area contributed by atoms with Gasteiger partial charge in [-0.1, -0.05) is 0 Å². The van der Waals surface area contributed by atoms with Gasteiger partial charge in [0.05, 0.1) is 11.5 Å². The molecule has 0 spiro atoms. The fourth-order valence-electron chi connectivity index (χ4n) is 2.61. The summed E-state index contributed by atoms with van der Waals surface area (Å²) in [4.78, 5) is 13.8. The van der Waals surface area contributed by atoms with Gasteiger partial charge in [-0.2, -0.15) is 4.31 Å². The lowest BCUT2D eigenvalue weighted by molar-refractivity contribution is -0.119. The molecular formula is C14H18N2O4S. The van der Waals surface area contributed by atoms with Gasteiger partial charge in [0.25, 0.3) is 0 Å². The molecule has 2 saturated heterocycles. The average molecular weight is 310 g/mol. The maximum absolute atomic E-state index is 12.4. The SMILES string of the molecule is O=C1CCCCN1c1ccc(S(=O)(=O)N2CCOC2)cc1. The minimum Gasteiger partial charge on any atom is -0.364 e. The number of carbonyl (C=O) groups excluding carboxylic acids is 1. The molecule has 2 heterocycles. The number of hydrogen-bond acceptors (Lipinski definition) is 4. The van der Waals surface area contributed by atoms with Crippen molar-refractivity contribution in [3.63, 3.8) is 0 Å². The lowest BCUT2D eigenvalue weighted by Crippen LogP contribution is -2.35. The number of ether oxygens (including phenoxy) is 1. The minimum atomic E-state index is -3.49. The van der Waals surface area contributed by atoms with Crippen LogP contribution in [-0.2, 0) is 19.6 Å². The highest BCUT2D eigenvalue weighted by Crippen LogP contribution is 2.24. The number of sulfonamides is 1. The first-order valence-corrected chi connectivity index (χ1v) is 8.51. The van der Waals surface area contributed by atoms with Crippen molar-refractivity contribution in [1.82, 2.24) is 4.31 Å². The van der Waals surface area contributed by atoms with E-state index in [4.69, 9.17) is 4.74 Å². The Morgan fingerprint density at radius 1 is 1.05 bits per heavy atom. The molecular weight excluding hydrogens is 292 g/mol. The normalized spacial score (nSPS) is 21.0. The van der Waals surface area contributed by atoms with Gasteiger partial charge in [-0.25, -0.2) is 8.42 Å². The fraction of sp³-hybridized carbons (Fsp3) is 0.500. The van der Waals surface area contributed by atoms with E-state index < -0.39 is 10.0 Å². The highest BCUT2D eigenvalue weighted by molar-refractivity contribution is 7.89. The first kappa shape index (κ1) is 14.5. The Balaban J connectivity index is 1.82. The number of benzene rings is 1. The summed E-state index contributed by atoms with van der Waals surface area (Å²) >= 11 is 0. The highest BCUT2D eigenvalue weighted by Gasteiger charge is 2.28. The number of piperidine rings is 1. The smallest absolute Gasteiger partial charge is 0.245 e. The molecule has 1 aromatic carbocycles. The van der Waals surface area contributed by atoms with Crippen LogP contribution in [0.2, 0.25) is 0 Å². The van der Waals surface area contributed by atoms with Crippen molar-refractivity contribution >= 4 is 21.6 Å². The molecule has 1 amide bonds. The van der Waals surface area contributed by atoms with Gasteiger partial charge >= 0.3 is 0 Å². The topological polar surface area (TPSA) is 66.9 Å². The van der Waals surface area contributed by atoms with Crippen molar-refractivity contribution in [2.24, 2.45) is 0 Å². The first-order chi connectivity index (χ1) is 10.1. The zero-order valence-electron chi connectivity index (χ0n) is 11.7. The summed E-state index contributed by atoms with van der Waals surface area (Å²) in [7, 11) is -3.49. The standard InChI is InChI=1S/C14H18N2O4S/c17-14-3-1-2-8-16(14)12-4-6-13(7-5-12)21(18,19)15-9-10-20-11-15/h4-7H,1-3,8-11H2. The molecule has 2 aliphatic rings. The Morgan fingerprint density at radius 3 is 2.43 bits per heavy atom. The van der Waals surface area contributed by atoms with Crippen molar-refractivity contribution < 1.29 is 17.9 Å². The number of hydrogen-bond donors (Lipinski definition) is 0. The molecule has 0 N–H and O–H groups in total. The van der Waals surface area contributed by atoms with Crippen LogP contribution in [0.15, 0.2) is 29.2 Å². The molecule has 0 atom stereocenters. The third-order valence-electron chi connectivity index (χ3n) is 3.83. The van der Waals surface area contributed by atoms with Crippen molar-refractivity contribution in [1.29, 1.82) is 0 Å². The van der Waals surface area contributed by atoms with Gasteiger partial charge in [0.2, 0.25) is 15.9 Å². The summed E-state index contributed by atoms with van der Waals surface area (Å²) in [6, 6.07) is 6.52. The molecule has 6 nitrogen and oxygen atoms in total. The van der Waals surface area contributed by atoms with Crippen molar-refractivity contribution in [2.75, 3.05) is 31.3 Å². The van der Waals surface area contributed by atoms with Crippen LogP contribution in [0.5, 0.6) is 0 Å². The summed E-state index contributed by atoms with van der Waals surface area (Å²) in [6.07, 6.45) is 2.47. The number of amides is 1. The van der Waals surface area contributed by atoms with Crippen LogP contribution in [0.1, 0.15) is 19.3 Å². The van der Waals surface area contributed by atoms with E-state index in [9.17, 15) is 13.2 Å². The van der Waals surface area contributed by atoms with Crippen LogP contribution < -0.4 is 4.90 Å². The van der Waals surface area contributed by atoms with Gasteiger partial charge in [-0.05, 0) is 37.1 Å².